The summed E-state index contributed by atoms with van der Waals surface area (Å²) in [6.07, 6.45) is 1.68. The zero-order chi connectivity index (χ0) is 21.8. The van der Waals surface area contributed by atoms with Gasteiger partial charge < -0.3 is 19.5 Å². The third-order valence-electron chi connectivity index (χ3n) is 4.93. The largest absolute Gasteiger partial charge is 0.486 e. The van der Waals surface area contributed by atoms with E-state index in [-0.39, 0.29) is 10.5 Å². The van der Waals surface area contributed by atoms with Crippen molar-refractivity contribution >= 4 is 27.6 Å². The summed E-state index contributed by atoms with van der Waals surface area (Å²) >= 11 is 0. The number of rotatable bonds is 6. The molecule has 0 spiro atoms. The maximum atomic E-state index is 12.7. The molecule has 2 aromatic rings. The lowest BCUT2D eigenvalue weighted by Gasteiger charge is -2.18. The lowest BCUT2D eigenvalue weighted by atomic mass is 10.2. The van der Waals surface area contributed by atoms with Gasteiger partial charge >= 0.3 is 5.97 Å². The Balaban J connectivity index is 1.35. The van der Waals surface area contributed by atoms with Crippen molar-refractivity contribution in [2.24, 2.45) is 0 Å². The average Bonchev–Trinajstić information content (AvgIpc) is 3.33. The fourth-order valence-electron chi connectivity index (χ4n) is 3.39. The first kappa shape index (κ1) is 21.1. The monoisotopic (exact) mass is 446 g/mol. The molecule has 0 radical (unpaired) electrons. The quantitative estimate of drug-likeness (QED) is 0.676. The predicted octanol–water partition coefficient (Wildman–Crippen LogP) is 2.04. The number of esters is 1. The van der Waals surface area contributed by atoms with E-state index >= 15 is 0 Å². The molecule has 10 heteroatoms. The standard InChI is InChI=1S/C21H22N2O7S/c24-20(14-30-21(25)15-6-7-18-19(12-15)29-11-10-28-18)22-16-4-3-5-17(13-16)31(26,27)23-8-1-2-9-23/h3-7,12-13H,1-2,8-11,14H2,(H,22,24). The van der Waals surface area contributed by atoms with Crippen LogP contribution in [0.4, 0.5) is 5.69 Å². The normalized spacial score (nSPS) is 16.0. The van der Waals surface area contributed by atoms with Gasteiger partial charge in [-0.1, -0.05) is 6.07 Å². The number of hydrogen-bond donors (Lipinski definition) is 1. The van der Waals surface area contributed by atoms with Crippen LogP contribution in [-0.2, 0) is 19.6 Å². The minimum absolute atomic E-state index is 0.112. The summed E-state index contributed by atoms with van der Waals surface area (Å²) in [6.45, 7) is 1.30. The molecule has 2 aliphatic rings. The van der Waals surface area contributed by atoms with Gasteiger partial charge in [-0.25, -0.2) is 13.2 Å². The van der Waals surface area contributed by atoms with E-state index in [2.05, 4.69) is 5.32 Å². The number of anilines is 1. The molecule has 31 heavy (non-hydrogen) atoms. The molecule has 1 saturated heterocycles. The maximum Gasteiger partial charge on any atom is 0.338 e. The molecule has 0 saturated carbocycles. The first-order chi connectivity index (χ1) is 14.9. The first-order valence-electron chi connectivity index (χ1n) is 9.90. The molecule has 1 fully saturated rings. The number of amides is 1. The van der Waals surface area contributed by atoms with Crippen molar-refractivity contribution in [3.63, 3.8) is 0 Å². The van der Waals surface area contributed by atoms with Crippen LogP contribution in [0.15, 0.2) is 47.4 Å². The van der Waals surface area contributed by atoms with Crippen LogP contribution in [0.1, 0.15) is 23.2 Å². The number of nitrogens with zero attached hydrogens (tertiary/aromatic N) is 1. The summed E-state index contributed by atoms with van der Waals surface area (Å²) in [4.78, 5) is 24.6. The number of nitrogens with one attached hydrogen (secondary N) is 1. The minimum atomic E-state index is -3.59. The molecular formula is C21H22N2O7S. The molecule has 0 aliphatic carbocycles. The Morgan fingerprint density at radius 1 is 1.00 bits per heavy atom. The lowest BCUT2D eigenvalue weighted by molar-refractivity contribution is -0.119. The summed E-state index contributed by atoms with van der Waals surface area (Å²) in [5.41, 5.74) is 0.538. The van der Waals surface area contributed by atoms with Crippen LogP contribution in [0, 0.1) is 0 Å². The van der Waals surface area contributed by atoms with E-state index < -0.39 is 28.5 Å². The average molecular weight is 446 g/mol. The molecule has 2 aliphatic heterocycles. The van der Waals surface area contributed by atoms with Gasteiger partial charge in [0.25, 0.3) is 5.91 Å². The fourth-order valence-corrected chi connectivity index (χ4v) is 4.96. The van der Waals surface area contributed by atoms with Gasteiger partial charge in [-0.2, -0.15) is 4.31 Å². The molecule has 164 valence electrons. The smallest absolute Gasteiger partial charge is 0.338 e. The van der Waals surface area contributed by atoms with E-state index in [9.17, 15) is 18.0 Å². The van der Waals surface area contributed by atoms with E-state index in [1.807, 2.05) is 0 Å². The molecule has 1 amide bonds. The molecule has 0 atom stereocenters. The predicted molar refractivity (Wildman–Crippen MR) is 111 cm³/mol. The van der Waals surface area contributed by atoms with Crippen LogP contribution in [-0.4, -0.2) is 57.5 Å². The highest BCUT2D eigenvalue weighted by molar-refractivity contribution is 7.89. The third kappa shape index (κ3) is 4.80. The number of carbonyl (C=O) groups excluding carboxylic acids is 2. The molecule has 2 aromatic carbocycles. The summed E-state index contributed by atoms with van der Waals surface area (Å²) in [5, 5.41) is 2.56. The Labute approximate surface area is 179 Å². The van der Waals surface area contributed by atoms with Crippen molar-refractivity contribution < 1.29 is 32.2 Å². The zero-order valence-electron chi connectivity index (χ0n) is 16.7. The van der Waals surface area contributed by atoms with Crippen LogP contribution in [0.3, 0.4) is 0 Å². The molecule has 1 N–H and O–H groups in total. The second kappa shape index (κ2) is 8.94. The van der Waals surface area contributed by atoms with Crippen LogP contribution in [0.25, 0.3) is 0 Å². The highest BCUT2D eigenvalue weighted by atomic mass is 32.2. The van der Waals surface area contributed by atoms with E-state index in [0.29, 0.717) is 43.5 Å². The molecule has 9 nitrogen and oxygen atoms in total. The van der Waals surface area contributed by atoms with E-state index in [1.165, 1.54) is 28.6 Å². The minimum Gasteiger partial charge on any atom is -0.486 e. The van der Waals surface area contributed by atoms with Gasteiger partial charge in [-0.3, -0.25) is 4.79 Å². The van der Waals surface area contributed by atoms with Crippen LogP contribution < -0.4 is 14.8 Å². The number of benzene rings is 2. The zero-order valence-corrected chi connectivity index (χ0v) is 17.5. The Morgan fingerprint density at radius 3 is 2.52 bits per heavy atom. The molecule has 0 aromatic heterocycles. The lowest BCUT2D eigenvalue weighted by Crippen LogP contribution is -2.28. The number of carbonyl (C=O) groups is 2. The van der Waals surface area contributed by atoms with Crippen molar-refractivity contribution in [3.05, 3.63) is 48.0 Å². The second-order valence-corrected chi connectivity index (χ2v) is 9.06. The Bertz CT molecular complexity index is 1090. The fraction of sp³-hybridized carbons (Fsp3) is 0.333. The SMILES string of the molecule is O=C(COC(=O)c1ccc2c(c1)OCCO2)Nc1cccc(S(=O)(=O)N2CCCC2)c1. The van der Waals surface area contributed by atoms with Crippen molar-refractivity contribution in [3.8, 4) is 11.5 Å². The molecule has 4 rings (SSSR count). The van der Waals surface area contributed by atoms with E-state index in [0.717, 1.165) is 12.8 Å². The topological polar surface area (TPSA) is 111 Å². The Hall–Kier alpha value is -3.11. The van der Waals surface area contributed by atoms with E-state index in [1.54, 1.807) is 18.2 Å². The summed E-state index contributed by atoms with van der Waals surface area (Å²) in [7, 11) is -3.59. The van der Waals surface area contributed by atoms with Crippen LogP contribution >= 0.6 is 0 Å². The molecule has 0 bridgehead atoms. The highest BCUT2D eigenvalue weighted by Gasteiger charge is 2.27. The van der Waals surface area contributed by atoms with Crippen molar-refractivity contribution in [1.82, 2.24) is 4.31 Å². The van der Waals surface area contributed by atoms with Gasteiger partial charge in [0.2, 0.25) is 10.0 Å². The number of ether oxygens (including phenoxy) is 3. The van der Waals surface area contributed by atoms with Crippen molar-refractivity contribution in [2.75, 3.05) is 38.2 Å². The molecule has 0 unspecified atom stereocenters. The van der Waals surface area contributed by atoms with Gasteiger partial charge in [-0.05, 0) is 49.2 Å². The van der Waals surface area contributed by atoms with Crippen molar-refractivity contribution in [1.29, 1.82) is 0 Å². The van der Waals surface area contributed by atoms with Crippen LogP contribution in [0.2, 0.25) is 0 Å². The Kier molecular flexibility index (Phi) is 6.10. The summed E-state index contributed by atoms with van der Waals surface area (Å²) in [5.74, 6) is -0.274. The summed E-state index contributed by atoms with van der Waals surface area (Å²) in [6, 6.07) is 10.7. The second-order valence-electron chi connectivity index (χ2n) is 7.12. The van der Waals surface area contributed by atoms with Gasteiger partial charge in [0.15, 0.2) is 18.1 Å². The van der Waals surface area contributed by atoms with Gasteiger partial charge in [0.05, 0.1) is 10.5 Å². The van der Waals surface area contributed by atoms with E-state index in [4.69, 9.17) is 14.2 Å². The van der Waals surface area contributed by atoms with Gasteiger partial charge in [0.1, 0.15) is 13.2 Å². The molecule has 2 heterocycles. The number of fused-ring (bicyclic) bond motifs is 1. The Morgan fingerprint density at radius 2 is 1.74 bits per heavy atom. The summed E-state index contributed by atoms with van der Waals surface area (Å²) < 4.78 is 42.7. The maximum absolute atomic E-state index is 12.7. The van der Waals surface area contributed by atoms with Crippen molar-refractivity contribution in [2.45, 2.75) is 17.7 Å². The third-order valence-corrected chi connectivity index (χ3v) is 6.83. The first-order valence-corrected chi connectivity index (χ1v) is 11.3. The van der Waals surface area contributed by atoms with Crippen LogP contribution in [0.5, 0.6) is 11.5 Å². The number of sulfonamides is 1. The molecular weight excluding hydrogens is 424 g/mol. The highest BCUT2D eigenvalue weighted by Crippen LogP contribution is 2.31. The number of hydrogen-bond acceptors (Lipinski definition) is 7. The van der Waals surface area contributed by atoms with Gasteiger partial charge in [0, 0.05) is 18.8 Å². The van der Waals surface area contributed by atoms with Gasteiger partial charge in [-0.15, -0.1) is 0 Å².